The summed E-state index contributed by atoms with van der Waals surface area (Å²) < 4.78 is 0. The molecule has 2 aromatic heterocycles. The minimum atomic E-state index is 0.0486. The first-order valence-electron chi connectivity index (χ1n) is 6.00. The van der Waals surface area contributed by atoms with Crippen LogP contribution in [0.25, 0.3) is 0 Å². The second-order valence-electron chi connectivity index (χ2n) is 4.39. The summed E-state index contributed by atoms with van der Waals surface area (Å²) in [5.74, 6) is 0.990. The van der Waals surface area contributed by atoms with Crippen molar-refractivity contribution in [1.82, 2.24) is 4.98 Å². The number of thiophene rings is 1. The lowest BCUT2D eigenvalue weighted by molar-refractivity contribution is 0.281. The summed E-state index contributed by atoms with van der Waals surface area (Å²) in [6, 6.07) is 6.23. The topological polar surface area (TPSA) is 36.4 Å². The van der Waals surface area contributed by atoms with Gasteiger partial charge in [0, 0.05) is 24.7 Å². The van der Waals surface area contributed by atoms with Crippen LogP contribution in [-0.2, 0) is 13.0 Å². The Labute approximate surface area is 112 Å². The molecule has 18 heavy (non-hydrogen) atoms. The number of aliphatic hydroxyl groups is 1. The van der Waals surface area contributed by atoms with Gasteiger partial charge in [0.2, 0.25) is 0 Å². The van der Waals surface area contributed by atoms with E-state index in [0.717, 1.165) is 29.9 Å². The van der Waals surface area contributed by atoms with Crippen LogP contribution in [0.4, 0.5) is 5.82 Å². The van der Waals surface area contributed by atoms with Crippen LogP contribution in [0.1, 0.15) is 16.0 Å². The van der Waals surface area contributed by atoms with Crippen molar-refractivity contribution in [3.63, 3.8) is 0 Å². The van der Waals surface area contributed by atoms with Gasteiger partial charge in [0.05, 0.1) is 6.61 Å². The van der Waals surface area contributed by atoms with E-state index >= 15 is 0 Å². The van der Waals surface area contributed by atoms with E-state index < -0.39 is 0 Å². The molecule has 0 unspecified atom stereocenters. The zero-order chi connectivity index (χ0) is 13.0. The van der Waals surface area contributed by atoms with E-state index in [9.17, 15) is 0 Å². The molecule has 1 N–H and O–H groups in total. The Morgan fingerprint density at radius 2 is 2.28 bits per heavy atom. The summed E-state index contributed by atoms with van der Waals surface area (Å²) in [5, 5.41) is 11.2. The van der Waals surface area contributed by atoms with Gasteiger partial charge in [-0.1, -0.05) is 6.07 Å². The molecule has 4 heteroatoms. The molecule has 3 nitrogen and oxygen atoms in total. The van der Waals surface area contributed by atoms with Crippen molar-refractivity contribution in [2.45, 2.75) is 20.0 Å². The SMILES string of the molecule is Cc1cc(CO)cnc1N(C)CCc1cccs1. The van der Waals surface area contributed by atoms with Gasteiger partial charge in [0.1, 0.15) is 5.82 Å². The lowest BCUT2D eigenvalue weighted by Gasteiger charge is -2.20. The average Bonchev–Trinajstić information content (AvgIpc) is 2.88. The second kappa shape index (κ2) is 5.98. The fraction of sp³-hybridized carbons (Fsp3) is 0.357. The average molecular weight is 262 g/mol. The number of anilines is 1. The maximum absolute atomic E-state index is 9.07. The number of likely N-dealkylation sites (N-methyl/N-ethyl adjacent to an activating group) is 1. The molecule has 0 saturated heterocycles. The van der Waals surface area contributed by atoms with Crippen molar-refractivity contribution in [3.8, 4) is 0 Å². The van der Waals surface area contributed by atoms with Crippen molar-refractivity contribution in [3.05, 3.63) is 45.8 Å². The zero-order valence-electron chi connectivity index (χ0n) is 10.8. The van der Waals surface area contributed by atoms with Crippen molar-refractivity contribution in [2.75, 3.05) is 18.5 Å². The number of hydrogen-bond acceptors (Lipinski definition) is 4. The Balaban J connectivity index is 2.02. The highest BCUT2D eigenvalue weighted by Crippen LogP contribution is 2.18. The third kappa shape index (κ3) is 3.09. The lowest BCUT2D eigenvalue weighted by atomic mass is 10.2. The van der Waals surface area contributed by atoms with Gasteiger partial charge in [0.15, 0.2) is 0 Å². The fourth-order valence-electron chi connectivity index (χ4n) is 1.95. The third-order valence-electron chi connectivity index (χ3n) is 2.93. The Hall–Kier alpha value is -1.39. The van der Waals surface area contributed by atoms with Gasteiger partial charge in [-0.2, -0.15) is 0 Å². The van der Waals surface area contributed by atoms with Crippen molar-refractivity contribution in [2.24, 2.45) is 0 Å². The first-order valence-corrected chi connectivity index (χ1v) is 6.88. The summed E-state index contributed by atoms with van der Waals surface area (Å²) in [4.78, 5) is 7.98. The molecule has 0 amide bonds. The van der Waals surface area contributed by atoms with Crippen LogP contribution >= 0.6 is 11.3 Å². The third-order valence-corrected chi connectivity index (χ3v) is 3.86. The maximum atomic E-state index is 9.07. The van der Waals surface area contributed by atoms with Crippen LogP contribution in [0.15, 0.2) is 29.8 Å². The summed E-state index contributed by atoms with van der Waals surface area (Å²) in [6.07, 6.45) is 2.78. The smallest absolute Gasteiger partial charge is 0.131 e. The standard InChI is InChI=1S/C14H18N2OS/c1-11-8-12(10-17)9-15-14(11)16(2)6-5-13-4-3-7-18-13/h3-4,7-9,17H,5-6,10H2,1-2H3. The molecule has 2 heterocycles. The lowest BCUT2D eigenvalue weighted by Crippen LogP contribution is -2.22. The number of aromatic nitrogens is 1. The minimum absolute atomic E-state index is 0.0486. The maximum Gasteiger partial charge on any atom is 0.131 e. The number of rotatable bonds is 5. The highest BCUT2D eigenvalue weighted by Gasteiger charge is 2.07. The number of hydrogen-bond donors (Lipinski definition) is 1. The normalized spacial score (nSPS) is 10.6. The van der Waals surface area contributed by atoms with Crippen LogP contribution in [-0.4, -0.2) is 23.7 Å². The molecule has 0 aliphatic carbocycles. The van der Waals surface area contributed by atoms with Crippen LogP contribution in [0.5, 0.6) is 0 Å². The molecule has 0 radical (unpaired) electrons. The van der Waals surface area contributed by atoms with Gasteiger partial charge in [0.25, 0.3) is 0 Å². The van der Waals surface area contributed by atoms with E-state index in [0.29, 0.717) is 0 Å². The van der Waals surface area contributed by atoms with E-state index in [4.69, 9.17) is 5.11 Å². The fourth-order valence-corrected chi connectivity index (χ4v) is 2.65. The van der Waals surface area contributed by atoms with E-state index in [1.54, 1.807) is 17.5 Å². The summed E-state index contributed by atoms with van der Waals surface area (Å²) in [5.41, 5.74) is 1.97. The molecule has 0 bridgehead atoms. The number of aryl methyl sites for hydroxylation is 1. The molecule has 96 valence electrons. The molecule has 2 aromatic rings. The Kier molecular flexibility index (Phi) is 4.33. The van der Waals surface area contributed by atoms with E-state index in [1.807, 2.05) is 13.0 Å². The van der Waals surface area contributed by atoms with Gasteiger partial charge in [-0.05, 0) is 42.0 Å². The van der Waals surface area contributed by atoms with E-state index in [-0.39, 0.29) is 6.61 Å². The Morgan fingerprint density at radius 3 is 2.89 bits per heavy atom. The van der Waals surface area contributed by atoms with Gasteiger partial charge in [-0.15, -0.1) is 11.3 Å². The van der Waals surface area contributed by atoms with E-state index in [2.05, 4.69) is 34.4 Å². The quantitative estimate of drug-likeness (QED) is 0.900. The monoisotopic (exact) mass is 262 g/mol. The Morgan fingerprint density at radius 1 is 1.44 bits per heavy atom. The Bertz CT molecular complexity index is 497. The second-order valence-corrected chi connectivity index (χ2v) is 5.43. The first-order chi connectivity index (χ1) is 8.70. The largest absolute Gasteiger partial charge is 0.392 e. The molecule has 0 aliphatic rings. The van der Waals surface area contributed by atoms with Crippen molar-refractivity contribution >= 4 is 17.2 Å². The number of pyridine rings is 1. The van der Waals surface area contributed by atoms with Crippen molar-refractivity contribution in [1.29, 1.82) is 0 Å². The highest BCUT2D eigenvalue weighted by atomic mass is 32.1. The first kappa shape index (κ1) is 13.1. The molecular formula is C14H18N2OS. The van der Waals surface area contributed by atoms with Gasteiger partial charge in [-0.3, -0.25) is 0 Å². The molecule has 0 aromatic carbocycles. The predicted octanol–water partition coefficient (Wildman–Crippen LogP) is 2.62. The highest BCUT2D eigenvalue weighted by molar-refractivity contribution is 7.09. The summed E-state index contributed by atoms with van der Waals surface area (Å²) >= 11 is 1.79. The van der Waals surface area contributed by atoms with Crippen molar-refractivity contribution < 1.29 is 5.11 Å². The molecule has 0 saturated carbocycles. The van der Waals surface area contributed by atoms with Gasteiger partial charge in [-0.25, -0.2) is 4.98 Å². The van der Waals surface area contributed by atoms with E-state index in [1.165, 1.54) is 4.88 Å². The molecule has 0 atom stereocenters. The van der Waals surface area contributed by atoms with Crippen LogP contribution in [0.2, 0.25) is 0 Å². The molecule has 2 rings (SSSR count). The molecule has 0 fully saturated rings. The predicted molar refractivity (Wildman–Crippen MR) is 76.2 cm³/mol. The number of aliphatic hydroxyl groups excluding tert-OH is 1. The molecule has 0 aliphatic heterocycles. The van der Waals surface area contributed by atoms with Gasteiger partial charge >= 0.3 is 0 Å². The molecular weight excluding hydrogens is 244 g/mol. The van der Waals surface area contributed by atoms with Crippen LogP contribution in [0, 0.1) is 6.92 Å². The summed E-state index contributed by atoms with van der Waals surface area (Å²) in [6.45, 7) is 3.03. The van der Waals surface area contributed by atoms with Crippen LogP contribution in [0.3, 0.4) is 0 Å². The minimum Gasteiger partial charge on any atom is -0.392 e. The molecule has 0 spiro atoms. The summed E-state index contributed by atoms with van der Waals surface area (Å²) in [7, 11) is 2.06. The zero-order valence-corrected chi connectivity index (χ0v) is 11.6. The van der Waals surface area contributed by atoms with Gasteiger partial charge < -0.3 is 10.0 Å². The van der Waals surface area contributed by atoms with Crippen LogP contribution < -0.4 is 4.90 Å². The number of nitrogens with zero attached hydrogens (tertiary/aromatic N) is 2.